The molecule has 3 aromatic rings. The van der Waals surface area contributed by atoms with Crippen molar-refractivity contribution in [1.29, 1.82) is 0 Å². The third kappa shape index (κ3) is 4.11. The van der Waals surface area contributed by atoms with E-state index in [0.717, 1.165) is 41.4 Å². The lowest BCUT2D eigenvalue weighted by Crippen LogP contribution is -2.41. The van der Waals surface area contributed by atoms with Crippen molar-refractivity contribution in [1.82, 2.24) is 15.3 Å². The number of aromatic nitrogens is 2. The number of thiazole rings is 1. The van der Waals surface area contributed by atoms with Crippen molar-refractivity contribution < 1.29 is 4.79 Å². The maximum absolute atomic E-state index is 12.6. The van der Waals surface area contributed by atoms with Crippen LogP contribution in [-0.2, 0) is 4.79 Å². The van der Waals surface area contributed by atoms with E-state index in [1.807, 2.05) is 30.3 Å². The van der Waals surface area contributed by atoms with Gasteiger partial charge in [-0.25, -0.2) is 9.97 Å². The highest BCUT2D eigenvalue weighted by Crippen LogP contribution is 2.30. The van der Waals surface area contributed by atoms with E-state index >= 15 is 0 Å². The summed E-state index contributed by atoms with van der Waals surface area (Å²) in [5.41, 5.74) is 2.21. The van der Waals surface area contributed by atoms with Gasteiger partial charge in [-0.2, -0.15) is 0 Å². The number of rotatable bonds is 5. The summed E-state index contributed by atoms with van der Waals surface area (Å²) in [6, 6.07) is 14.2. The van der Waals surface area contributed by atoms with Crippen LogP contribution in [0.25, 0.3) is 10.3 Å². The van der Waals surface area contributed by atoms with E-state index in [-0.39, 0.29) is 11.8 Å². The number of amides is 1. The first-order chi connectivity index (χ1) is 13.2. The number of pyridine rings is 1. The van der Waals surface area contributed by atoms with Crippen LogP contribution in [0.1, 0.15) is 31.2 Å². The normalized spacial score (nSPS) is 16.4. The summed E-state index contributed by atoms with van der Waals surface area (Å²) in [5, 5.41) is 4.16. The fourth-order valence-corrected chi connectivity index (χ4v) is 4.48. The van der Waals surface area contributed by atoms with Crippen molar-refractivity contribution in [2.24, 2.45) is 5.92 Å². The molecule has 0 bridgehead atoms. The van der Waals surface area contributed by atoms with Gasteiger partial charge in [-0.15, -0.1) is 0 Å². The maximum Gasteiger partial charge on any atom is 0.223 e. The van der Waals surface area contributed by atoms with Crippen molar-refractivity contribution in [3.8, 4) is 0 Å². The van der Waals surface area contributed by atoms with E-state index in [2.05, 4.69) is 39.2 Å². The molecule has 27 heavy (non-hydrogen) atoms. The van der Waals surface area contributed by atoms with Gasteiger partial charge in [-0.1, -0.05) is 48.6 Å². The second kappa shape index (κ2) is 8.05. The Morgan fingerprint density at radius 1 is 1.22 bits per heavy atom. The lowest BCUT2D eigenvalue weighted by atomic mass is 9.95. The molecular formula is C21H24N4OS. The second-order valence-electron chi connectivity index (χ2n) is 7.14. The minimum absolute atomic E-state index is 0.0942. The summed E-state index contributed by atoms with van der Waals surface area (Å²) in [6.45, 7) is 4.57. The van der Waals surface area contributed by atoms with Crippen molar-refractivity contribution >= 4 is 32.7 Å². The van der Waals surface area contributed by atoms with Gasteiger partial charge >= 0.3 is 0 Å². The second-order valence-corrected chi connectivity index (χ2v) is 8.10. The molecule has 1 atom stereocenters. The van der Waals surface area contributed by atoms with Crippen molar-refractivity contribution in [2.45, 2.75) is 25.7 Å². The summed E-state index contributed by atoms with van der Waals surface area (Å²) in [4.78, 5) is 24.9. The molecule has 2 aromatic heterocycles. The minimum Gasteiger partial charge on any atom is -0.355 e. The lowest BCUT2D eigenvalue weighted by Gasteiger charge is -2.31. The first-order valence-electron chi connectivity index (χ1n) is 9.50. The summed E-state index contributed by atoms with van der Waals surface area (Å²) in [6.07, 6.45) is 3.54. The molecule has 1 aromatic carbocycles. The zero-order valence-corrected chi connectivity index (χ0v) is 16.3. The van der Waals surface area contributed by atoms with Crippen LogP contribution in [0.2, 0.25) is 0 Å². The van der Waals surface area contributed by atoms with Gasteiger partial charge < -0.3 is 10.2 Å². The molecule has 3 heterocycles. The Balaban J connectivity index is 1.29. The van der Waals surface area contributed by atoms with Gasteiger partial charge in [0.05, 0.1) is 0 Å². The van der Waals surface area contributed by atoms with Crippen LogP contribution >= 0.6 is 11.3 Å². The van der Waals surface area contributed by atoms with Gasteiger partial charge in [0.25, 0.3) is 0 Å². The monoisotopic (exact) mass is 380 g/mol. The number of hydrogen-bond donors (Lipinski definition) is 1. The predicted molar refractivity (Wildman–Crippen MR) is 110 cm³/mol. The number of fused-ring (bicyclic) bond motifs is 1. The Kier molecular flexibility index (Phi) is 5.34. The molecule has 0 unspecified atom stereocenters. The minimum atomic E-state index is 0.0942. The molecule has 0 saturated carbocycles. The number of nitrogens with one attached hydrogen (secondary N) is 1. The summed E-state index contributed by atoms with van der Waals surface area (Å²) in [7, 11) is 0. The molecule has 6 heteroatoms. The Labute approximate surface area is 163 Å². The van der Waals surface area contributed by atoms with E-state index in [9.17, 15) is 4.79 Å². The topological polar surface area (TPSA) is 58.1 Å². The predicted octanol–water partition coefficient (Wildman–Crippen LogP) is 3.83. The molecule has 5 nitrogen and oxygen atoms in total. The Morgan fingerprint density at radius 2 is 2.00 bits per heavy atom. The molecular weight excluding hydrogens is 356 g/mol. The Bertz CT molecular complexity index is 870. The zero-order valence-electron chi connectivity index (χ0n) is 15.5. The quantitative estimate of drug-likeness (QED) is 0.731. The summed E-state index contributed by atoms with van der Waals surface area (Å²) in [5.74, 6) is 0.602. The fourth-order valence-electron chi connectivity index (χ4n) is 3.52. The van der Waals surface area contributed by atoms with Crippen molar-refractivity contribution in [2.75, 3.05) is 24.5 Å². The standard InChI is InChI=1S/C21H24N4OS/c1-15(16-6-3-2-4-7-16)14-23-19(26)17-9-12-25(13-10-17)21-24-18-8-5-11-22-20(18)27-21/h2-8,11,15,17H,9-10,12-14H2,1H3,(H,23,26)/t15-/m0/s1. The molecule has 1 N–H and O–H groups in total. The van der Waals surface area contributed by atoms with Crippen LogP contribution < -0.4 is 10.2 Å². The van der Waals surface area contributed by atoms with Gasteiger partial charge in [-0.05, 0) is 36.5 Å². The maximum atomic E-state index is 12.6. The van der Waals surface area contributed by atoms with E-state index in [1.165, 1.54) is 5.56 Å². The summed E-state index contributed by atoms with van der Waals surface area (Å²) < 4.78 is 0. The van der Waals surface area contributed by atoms with Gasteiger partial charge in [0.2, 0.25) is 5.91 Å². The van der Waals surface area contributed by atoms with Gasteiger partial charge in [-0.3, -0.25) is 4.79 Å². The molecule has 0 spiro atoms. The first-order valence-corrected chi connectivity index (χ1v) is 10.3. The Hall–Kier alpha value is -2.47. The number of anilines is 1. The molecule has 0 aliphatic carbocycles. The van der Waals surface area contributed by atoms with Crippen LogP contribution in [0.4, 0.5) is 5.13 Å². The zero-order chi connectivity index (χ0) is 18.6. The molecule has 1 aliphatic rings. The molecule has 4 rings (SSSR count). The third-order valence-electron chi connectivity index (χ3n) is 5.24. The first kappa shape index (κ1) is 17.9. The van der Waals surface area contributed by atoms with E-state index < -0.39 is 0 Å². The van der Waals surface area contributed by atoms with Crippen LogP contribution in [0.15, 0.2) is 48.7 Å². The number of carbonyl (C=O) groups excluding carboxylic acids is 1. The van der Waals surface area contributed by atoms with Crippen LogP contribution in [0.5, 0.6) is 0 Å². The van der Waals surface area contributed by atoms with E-state index in [0.29, 0.717) is 12.5 Å². The smallest absolute Gasteiger partial charge is 0.223 e. The number of piperidine rings is 1. The van der Waals surface area contributed by atoms with Gasteiger partial charge in [0.1, 0.15) is 10.3 Å². The van der Waals surface area contributed by atoms with Crippen LogP contribution in [0.3, 0.4) is 0 Å². The largest absolute Gasteiger partial charge is 0.355 e. The van der Waals surface area contributed by atoms with Crippen molar-refractivity contribution in [3.05, 3.63) is 54.2 Å². The molecule has 1 aliphatic heterocycles. The number of hydrogen-bond acceptors (Lipinski definition) is 5. The van der Waals surface area contributed by atoms with Crippen LogP contribution in [-0.4, -0.2) is 35.5 Å². The highest BCUT2D eigenvalue weighted by molar-refractivity contribution is 7.21. The number of carbonyl (C=O) groups is 1. The van der Waals surface area contributed by atoms with E-state index in [4.69, 9.17) is 0 Å². The molecule has 1 amide bonds. The number of benzene rings is 1. The molecule has 140 valence electrons. The third-order valence-corrected chi connectivity index (χ3v) is 6.28. The lowest BCUT2D eigenvalue weighted by molar-refractivity contribution is -0.125. The highest BCUT2D eigenvalue weighted by atomic mass is 32.1. The van der Waals surface area contributed by atoms with Crippen molar-refractivity contribution in [3.63, 3.8) is 0 Å². The fraction of sp³-hybridized carbons (Fsp3) is 0.381. The Morgan fingerprint density at radius 3 is 2.74 bits per heavy atom. The van der Waals surface area contributed by atoms with Crippen LogP contribution in [0, 0.1) is 5.92 Å². The average Bonchev–Trinajstić information content (AvgIpc) is 3.17. The molecule has 0 radical (unpaired) electrons. The van der Waals surface area contributed by atoms with Gasteiger partial charge in [0.15, 0.2) is 5.13 Å². The average molecular weight is 381 g/mol. The van der Waals surface area contributed by atoms with E-state index in [1.54, 1.807) is 17.5 Å². The SMILES string of the molecule is C[C@@H](CNC(=O)C1CCN(c2nc3cccnc3s2)CC1)c1ccccc1. The number of nitrogens with zero attached hydrogens (tertiary/aromatic N) is 3. The van der Waals surface area contributed by atoms with Gasteiger partial charge in [0, 0.05) is 31.7 Å². The summed E-state index contributed by atoms with van der Waals surface area (Å²) >= 11 is 1.63. The highest BCUT2D eigenvalue weighted by Gasteiger charge is 2.26. The molecule has 1 fully saturated rings. The molecule has 1 saturated heterocycles.